The Morgan fingerprint density at radius 1 is 1.04 bits per heavy atom. The predicted molar refractivity (Wildman–Crippen MR) is 94.2 cm³/mol. The molecule has 2 aromatic rings. The second-order valence-electron chi connectivity index (χ2n) is 5.61. The average molecular weight is 326 g/mol. The number of amides is 1. The first-order chi connectivity index (χ1) is 11.6. The van der Waals surface area contributed by atoms with Gasteiger partial charge in [0.05, 0.1) is 5.56 Å². The van der Waals surface area contributed by atoms with Crippen molar-refractivity contribution in [1.82, 2.24) is 5.32 Å². The van der Waals surface area contributed by atoms with E-state index in [9.17, 15) is 9.59 Å². The molecule has 0 aromatic heterocycles. The van der Waals surface area contributed by atoms with Crippen molar-refractivity contribution in [2.75, 3.05) is 32.1 Å². The van der Waals surface area contributed by atoms with Crippen molar-refractivity contribution in [2.45, 2.75) is 6.42 Å². The Kier molecular flexibility index (Phi) is 6.37. The minimum absolute atomic E-state index is 0.278. The van der Waals surface area contributed by atoms with Crippen LogP contribution >= 0.6 is 0 Å². The molecule has 5 nitrogen and oxygen atoms in total. The van der Waals surface area contributed by atoms with Crippen LogP contribution < -0.4 is 10.2 Å². The summed E-state index contributed by atoms with van der Waals surface area (Å²) in [6.45, 7) is 0.232. The first-order valence-electron chi connectivity index (χ1n) is 7.81. The van der Waals surface area contributed by atoms with Crippen LogP contribution in [0, 0.1) is 0 Å². The van der Waals surface area contributed by atoms with Crippen LogP contribution in [0.3, 0.4) is 0 Å². The van der Waals surface area contributed by atoms with Crippen LogP contribution in [0.15, 0.2) is 54.6 Å². The largest absolute Gasteiger partial charge is 0.452 e. The van der Waals surface area contributed by atoms with E-state index in [2.05, 4.69) is 5.32 Å². The fourth-order valence-corrected chi connectivity index (χ4v) is 2.17. The molecule has 0 atom stereocenters. The quantitative estimate of drug-likeness (QED) is 0.793. The summed E-state index contributed by atoms with van der Waals surface area (Å²) in [6, 6.07) is 17.0. The van der Waals surface area contributed by atoms with Crippen molar-refractivity contribution in [2.24, 2.45) is 0 Å². The van der Waals surface area contributed by atoms with Crippen molar-refractivity contribution in [3.63, 3.8) is 0 Å². The van der Waals surface area contributed by atoms with E-state index in [4.69, 9.17) is 4.74 Å². The van der Waals surface area contributed by atoms with E-state index in [0.717, 1.165) is 17.7 Å². The Hall–Kier alpha value is -2.82. The number of hydrogen-bond donors (Lipinski definition) is 1. The predicted octanol–water partition coefficient (Wildman–Crippen LogP) is 2.27. The fourth-order valence-electron chi connectivity index (χ4n) is 2.17. The lowest BCUT2D eigenvalue weighted by Gasteiger charge is -2.13. The maximum atomic E-state index is 12.0. The van der Waals surface area contributed by atoms with Gasteiger partial charge in [-0.05, 0) is 30.2 Å². The van der Waals surface area contributed by atoms with E-state index in [-0.39, 0.29) is 12.5 Å². The van der Waals surface area contributed by atoms with Gasteiger partial charge in [-0.15, -0.1) is 0 Å². The van der Waals surface area contributed by atoms with Crippen molar-refractivity contribution < 1.29 is 14.3 Å². The van der Waals surface area contributed by atoms with Gasteiger partial charge in [-0.3, -0.25) is 4.79 Å². The molecule has 0 bridgehead atoms. The maximum absolute atomic E-state index is 12.0. The molecule has 0 saturated heterocycles. The molecule has 2 aromatic carbocycles. The molecule has 24 heavy (non-hydrogen) atoms. The molecule has 1 amide bonds. The number of nitrogens with zero attached hydrogens (tertiary/aromatic N) is 1. The number of benzene rings is 2. The fraction of sp³-hybridized carbons (Fsp3) is 0.263. The molecule has 1 N–H and O–H groups in total. The summed E-state index contributed by atoms with van der Waals surface area (Å²) in [6.07, 6.45) is 0.741. The Morgan fingerprint density at radius 3 is 2.50 bits per heavy atom. The lowest BCUT2D eigenvalue weighted by Crippen LogP contribution is -2.30. The highest BCUT2D eigenvalue weighted by Crippen LogP contribution is 2.14. The normalized spacial score (nSPS) is 10.1. The van der Waals surface area contributed by atoms with E-state index < -0.39 is 5.97 Å². The van der Waals surface area contributed by atoms with Crippen molar-refractivity contribution >= 4 is 17.6 Å². The number of hydrogen-bond acceptors (Lipinski definition) is 4. The average Bonchev–Trinajstić information content (AvgIpc) is 2.60. The van der Waals surface area contributed by atoms with Gasteiger partial charge in [0.1, 0.15) is 0 Å². The van der Waals surface area contributed by atoms with Gasteiger partial charge in [0.15, 0.2) is 6.61 Å². The number of carbonyl (C=O) groups excluding carboxylic acids is 2. The third-order valence-corrected chi connectivity index (χ3v) is 3.51. The van der Waals surface area contributed by atoms with E-state index in [1.807, 2.05) is 55.4 Å². The second-order valence-corrected chi connectivity index (χ2v) is 5.61. The number of nitrogens with one attached hydrogen (secondary N) is 1. The zero-order valence-corrected chi connectivity index (χ0v) is 14.0. The summed E-state index contributed by atoms with van der Waals surface area (Å²) >= 11 is 0. The lowest BCUT2D eigenvalue weighted by molar-refractivity contribution is -0.124. The van der Waals surface area contributed by atoms with Crippen LogP contribution in [0.25, 0.3) is 0 Å². The highest BCUT2D eigenvalue weighted by Gasteiger charge is 2.11. The zero-order chi connectivity index (χ0) is 17.4. The minimum atomic E-state index is -0.503. The number of esters is 1. The minimum Gasteiger partial charge on any atom is -0.452 e. The molecule has 0 saturated carbocycles. The van der Waals surface area contributed by atoms with Gasteiger partial charge in [0, 0.05) is 26.3 Å². The molecule has 2 rings (SSSR count). The van der Waals surface area contributed by atoms with Gasteiger partial charge in [0.2, 0.25) is 0 Å². The standard InChI is InChI=1S/C19H22N2O3/c1-21(2)17-10-6-9-16(13-17)19(23)24-14-18(22)20-12-11-15-7-4-3-5-8-15/h3-10,13H,11-12,14H2,1-2H3,(H,20,22). The highest BCUT2D eigenvalue weighted by molar-refractivity contribution is 5.92. The van der Waals surface area contributed by atoms with E-state index in [1.54, 1.807) is 18.2 Å². The van der Waals surface area contributed by atoms with Crippen LogP contribution in [-0.4, -0.2) is 39.1 Å². The molecule has 0 fully saturated rings. The Bertz CT molecular complexity index is 684. The van der Waals surface area contributed by atoms with Gasteiger partial charge in [-0.1, -0.05) is 36.4 Å². The van der Waals surface area contributed by atoms with Gasteiger partial charge in [0.25, 0.3) is 5.91 Å². The summed E-state index contributed by atoms with van der Waals surface area (Å²) in [5, 5.41) is 2.74. The van der Waals surface area contributed by atoms with Crippen molar-refractivity contribution in [3.05, 3.63) is 65.7 Å². The third kappa shape index (κ3) is 5.43. The van der Waals surface area contributed by atoms with Crippen LogP contribution in [0.2, 0.25) is 0 Å². The summed E-state index contributed by atoms with van der Waals surface area (Å²) in [7, 11) is 3.79. The number of rotatable bonds is 7. The van der Waals surface area contributed by atoms with Crippen LogP contribution in [0.1, 0.15) is 15.9 Å². The van der Waals surface area contributed by atoms with Crippen LogP contribution in [0.5, 0.6) is 0 Å². The Labute approximate surface area is 142 Å². The van der Waals surface area contributed by atoms with Gasteiger partial charge >= 0.3 is 5.97 Å². The molecule has 0 heterocycles. The van der Waals surface area contributed by atoms with Gasteiger partial charge in [-0.2, -0.15) is 0 Å². The Balaban J connectivity index is 1.75. The second kappa shape index (κ2) is 8.72. The molecule has 0 aliphatic heterocycles. The van der Waals surface area contributed by atoms with Gasteiger partial charge in [-0.25, -0.2) is 4.79 Å². The molecular formula is C19H22N2O3. The monoisotopic (exact) mass is 326 g/mol. The number of ether oxygens (including phenoxy) is 1. The molecular weight excluding hydrogens is 304 g/mol. The van der Waals surface area contributed by atoms with Crippen molar-refractivity contribution in [3.8, 4) is 0 Å². The topological polar surface area (TPSA) is 58.6 Å². The Morgan fingerprint density at radius 2 is 1.79 bits per heavy atom. The first-order valence-corrected chi connectivity index (χ1v) is 7.81. The molecule has 0 spiro atoms. The third-order valence-electron chi connectivity index (χ3n) is 3.51. The van der Waals surface area contributed by atoms with E-state index >= 15 is 0 Å². The van der Waals surface area contributed by atoms with Crippen molar-refractivity contribution in [1.29, 1.82) is 0 Å². The SMILES string of the molecule is CN(C)c1cccc(C(=O)OCC(=O)NCCc2ccccc2)c1. The summed E-state index contributed by atoms with van der Waals surface area (Å²) < 4.78 is 5.06. The van der Waals surface area contributed by atoms with E-state index in [0.29, 0.717) is 12.1 Å². The number of carbonyl (C=O) groups is 2. The van der Waals surface area contributed by atoms with Crippen LogP contribution in [-0.2, 0) is 16.0 Å². The molecule has 0 aliphatic rings. The molecule has 5 heteroatoms. The number of anilines is 1. The molecule has 0 unspecified atom stereocenters. The van der Waals surface area contributed by atoms with Gasteiger partial charge < -0.3 is 15.0 Å². The van der Waals surface area contributed by atoms with Crippen LogP contribution in [0.4, 0.5) is 5.69 Å². The lowest BCUT2D eigenvalue weighted by atomic mass is 10.1. The molecule has 0 radical (unpaired) electrons. The zero-order valence-electron chi connectivity index (χ0n) is 14.0. The molecule has 0 aliphatic carbocycles. The summed E-state index contributed by atoms with van der Waals surface area (Å²) in [5.74, 6) is -0.806. The first kappa shape index (κ1) is 17.5. The maximum Gasteiger partial charge on any atom is 0.338 e. The summed E-state index contributed by atoms with van der Waals surface area (Å²) in [5.41, 5.74) is 2.48. The summed E-state index contributed by atoms with van der Waals surface area (Å²) in [4.78, 5) is 25.6. The smallest absolute Gasteiger partial charge is 0.338 e. The molecule has 126 valence electrons. The van der Waals surface area contributed by atoms with E-state index in [1.165, 1.54) is 0 Å². The highest BCUT2D eigenvalue weighted by atomic mass is 16.5.